The van der Waals surface area contributed by atoms with E-state index in [2.05, 4.69) is 20.5 Å². The van der Waals surface area contributed by atoms with Crippen molar-refractivity contribution in [1.29, 1.82) is 0 Å². The highest BCUT2D eigenvalue weighted by molar-refractivity contribution is 5.71. The first kappa shape index (κ1) is 19.4. The molecule has 154 valence electrons. The molecule has 2 atom stereocenters. The Labute approximate surface area is 163 Å². The van der Waals surface area contributed by atoms with E-state index >= 15 is 0 Å². The van der Waals surface area contributed by atoms with Crippen molar-refractivity contribution in [2.75, 3.05) is 25.5 Å². The molecule has 4 rings (SSSR count). The molecule has 0 aliphatic carbocycles. The molecule has 1 fully saturated rings. The molecule has 0 spiro atoms. The van der Waals surface area contributed by atoms with Crippen molar-refractivity contribution in [3.05, 3.63) is 36.2 Å². The van der Waals surface area contributed by atoms with E-state index in [1.807, 2.05) is 11.9 Å². The quantitative estimate of drug-likeness (QED) is 0.647. The molecule has 0 unspecified atom stereocenters. The van der Waals surface area contributed by atoms with Gasteiger partial charge in [0, 0.05) is 37.9 Å². The number of nitrogens with zero attached hydrogens (tertiary/aromatic N) is 5. The molecule has 1 aromatic carbocycles. The zero-order valence-electron chi connectivity index (χ0n) is 15.4. The van der Waals surface area contributed by atoms with Gasteiger partial charge in [0.25, 0.3) is 0 Å². The maximum atomic E-state index is 13.8. The summed E-state index contributed by atoms with van der Waals surface area (Å²) in [6.07, 6.45) is -2.16. The first-order valence-electron chi connectivity index (χ1n) is 8.92. The van der Waals surface area contributed by atoms with E-state index in [-0.39, 0.29) is 17.4 Å². The molecule has 3 aromatic rings. The van der Waals surface area contributed by atoms with Gasteiger partial charge in [-0.15, -0.1) is 10.2 Å². The molecule has 2 N–H and O–H groups in total. The molecule has 0 radical (unpaired) electrons. The maximum Gasteiger partial charge on any atom is 0.416 e. The predicted octanol–water partition coefficient (Wildman–Crippen LogP) is 2.97. The van der Waals surface area contributed by atoms with E-state index < -0.39 is 23.7 Å². The fourth-order valence-electron chi connectivity index (χ4n) is 3.56. The van der Waals surface area contributed by atoms with Gasteiger partial charge < -0.3 is 15.3 Å². The predicted molar refractivity (Wildman–Crippen MR) is 97.3 cm³/mol. The van der Waals surface area contributed by atoms with Gasteiger partial charge in [-0.2, -0.15) is 13.2 Å². The Hall–Kier alpha value is -2.95. The zero-order chi connectivity index (χ0) is 20.8. The molecule has 29 heavy (non-hydrogen) atoms. The van der Waals surface area contributed by atoms with Crippen LogP contribution in [0.4, 0.5) is 23.4 Å². The lowest BCUT2D eigenvalue weighted by Gasteiger charge is -2.32. The van der Waals surface area contributed by atoms with Crippen LogP contribution in [0.3, 0.4) is 0 Å². The van der Waals surface area contributed by atoms with E-state index in [4.69, 9.17) is 0 Å². The van der Waals surface area contributed by atoms with Crippen molar-refractivity contribution in [2.45, 2.75) is 24.8 Å². The van der Waals surface area contributed by atoms with Gasteiger partial charge in [-0.3, -0.25) is 4.40 Å². The van der Waals surface area contributed by atoms with Gasteiger partial charge in [-0.05, 0) is 25.2 Å². The van der Waals surface area contributed by atoms with Crippen LogP contribution in [0, 0.1) is 0 Å². The lowest BCUT2D eigenvalue weighted by atomic mass is 10.0. The van der Waals surface area contributed by atoms with E-state index in [9.17, 15) is 22.7 Å². The molecule has 3 heterocycles. The number of piperidine rings is 1. The van der Waals surface area contributed by atoms with Crippen molar-refractivity contribution in [2.24, 2.45) is 0 Å². The Bertz CT molecular complexity index is 1030. The highest BCUT2D eigenvalue weighted by atomic mass is 19.4. The van der Waals surface area contributed by atoms with Gasteiger partial charge in [0.2, 0.25) is 0 Å². The van der Waals surface area contributed by atoms with Gasteiger partial charge >= 0.3 is 6.18 Å². The summed E-state index contributed by atoms with van der Waals surface area (Å²) in [6.45, 7) is 0.991. The van der Waals surface area contributed by atoms with Crippen molar-refractivity contribution >= 4 is 11.5 Å². The lowest BCUT2D eigenvalue weighted by Crippen LogP contribution is -2.45. The second kappa shape index (κ2) is 7.14. The van der Waals surface area contributed by atoms with Gasteiger partial charge in [-0.25, -0.2) is 9.37 Å². The Kier molecular flexibility index (Phi) is 4.77. The highest BCUT2D eigenvalue weighted by Crippen LogP contribution is 2.36. The monoisotopic (exact) mass is 410 g/mol. The van der Waals surface area contributed by atoms with Crippen molar-refractivity contribution in [3.8, 4) is 17.1 Å². The number of alkyl halides is 4. The molecular weight excluding hydrogens is 392 g/mol. The van der Waals surface area contributed by atoms with Crippen molar-refractivity contribution in [3.63, 3.8) is 0 Å². The molecular formula is C18H18F4N6O. The van der Waals surface area contributed by atoms with E-state index in [0.29, 0.717) is 37.0 Å². The highest BCUT2D eigenvalue weighted by Gasteiger charge is 2.31. The second-order valence-electron chi connectivity index (χ2n) is 7.12. The topological polar surface area (TPSA) is 78.6 Å². The summed E-state index contributed by atoms with van der Waals surface area (Å²) < 4.78 is 53.9. The van der Waals surface area contributed by atoms with Crippen LogP contribution in [0.2, 0.25) is 0 Å². The minimum Gasteiger partial charge on any atom is -0.507 e. The number of aromatic hydroxyl groups is 1. The largest absolute Gasteiger partial charge is 0.507 e. The number of imidazole rings is 1. The van der Waals surface area contributed by atoms with Gasteiger partial charge in [0.1, 0.15) is 11.9 Å². The summed E-state index contributed by atoms with van der Waals surface area (Å²) in [6, 6.07) is 2.46. The minimum absolute atomic E-state index is 0.0845. The van der Waals surface area contributed by atoms with Crippen LogP contribution >= 0.6 is 0 Å². The molecule has 1 aliphatic rings. The summed E-state index contributed by atoms with van der Waals surface area (Å²) in [4.78, 5) is 6.10. The van der Waals surface area contributed by atoms with E-state index in [0.717, 1.165) is 12.1 Å². The third kappa shape index (κ3) is 3.82. The summed E-state index contributed by atoms with van der Waals surface area (Å²) >= 11 is 0. The first-order valence-corrected chi connectivity index (χ1v) is 8.92. The van der Waals surface area contributed by atoms with Crippen molar-refractivity contribution in [1.82, 2.24) is 24.5 Å². The number of benzene rings is 1. The number of phenolic OH excluding ortho intramolecular Hbond substituents is 1. The van der Waals surface area contributed by atoms with Crippen LogP contribution in [0.25, 0.3) is 17.0 Å². The number of halogens is 4. The first-order chi connectivity index (χ1) is 13.7. The summed E-state index contributed by atoms with van der Waals surface area (Å²) in [7, 11) is 1.83. The number of rotatable bonds is 3. The van der Waals surface area contributed by atoms with Crippen LogP contribution in [0.1, 0.15) is 12.0 Å². The van der Waals surface area contributed by atoms with Crippen LogP contribution in [0.5, 0.6) is 5.75 Å². The number of aromatic nitrogens is 4. The molecule has 11 heteroatoms. The standard InChI is InChI=1S/C18H18F4N6O/c1-27-8-11(19)7-12(9-27)24-15-17-23-4-5-28(17)16(26-25-15)13-3-2-10(6-14(13)29)18(20,21)22/h2-6,11-12,29H,7-9H2,1H3,(H,24,25)/t11-,12-/m1/s1. The molecule has 2 aromatic heterocycles. The Balaban J connectivity index is 1.69. The summed E-state index contributed by atoms with van der Waals surface area (Å²) in [5, 5.41) is 21.4. The number of likely N-dealkylation sites (N-methyl/N-ethyl adjacent to an activating group) is 1. The number of nitrogens with one attached hydrogen (secondary N) is 1. The molecule has 0 saturated carbocycles. The fraction of sp³-hybridized carbons (Fsp3) is 0.389. The third-order valence-corrected chi connectivity index (χ3v) is 4.81. The molecule has 7 nitrogen and oxygen atoms in total. The SMILES string of the molecule is CN1C[C@H](F)C[C@@H](Nc2nnc(-c3ccc(C(F)(F)F)cc3O)n3ccnc23)C1. The molecule has 0 bridgehead atoms. The maximum absolute atomic E-state index is 13.8. The molecule has 0 amide bonds. The van der Waals surface area contributed by atoms with Crippen molar-refractivity contribution < 1.29 is 22.7 Å². The number of hydrogen-bond donors (Lipinski definition) is 2. The number of fused-ring (bicyclic) bond motifs is 1. The smallest absolute Gasteiger partial charge is 0.416 e. The number of likely N-dealkylation sites (tertiary alicyclic amines) is 1. The van der Waals surface area contributed by atoms with Gasteiger partial charge in [-0.1, -0.05) is 0 Å². The van der Waals surface area contributed by atoms with E-state index in [1.165, 1.54) is 10.6 Å². The number of anilines is 1. The minimum atomic E-state index is -4.57. The van der Waals surface area contributed by atoms with E-state index in [1.54, 1.807) is 6.20 Å². The van der Waals surface area contributed by atoms with Crippen LogP contribution in [0.15, 0.2) is 30.6 Å². The number of phenols is 1. The zero-order valence-corrected chi connectivity index (χ0v) is 15.4. The average Bonchev–Trinajstić information content (AvgIpc) is 3.11. The fourth-order valence-corrected chi connectivity index (χ4v) is 3.56. The molecule has 1 saturated heterocycles. The Morgan fingerprint density at radius 2 is 2.00 bits per heavy atom. The summed E-state index contributed by atoms with van der Waals surface area (Å²) in [5.41, 5.74) is -0.506. The molecule has 1 aliphatic heterocycles. The lowest BCUT2D eigenvalue weighted by molar-refractivity contribution is -0.137. The Morgan fingerprint density at radius 1 is 1.21 bits per heavy atom. The normalized spacial score (nSPS) is 20.9. The van der Waals surface area contributed by atoms with Crippen LogP contribution < -0.4 is 5.32 Å². The third-order valence-electron chi connectivity index (χ3n) is 4.81. The van der Waals surface area contributed by atoms with Crippen LogP contribution in [-0.2, 0) is 6.18 Å². The Morgan fingerprint density at radius 3 is 2.69 bits per heavy atom. The van der Waals surface area contributed by atoms with Crippen LogP contribution in [-0.4, -0.2) is 61.9 Å². The van der Waals surface area contributed by atoms with Gasteiger partial charge in [0.05, 0.1) is 11.1 Å². The second-order valence-corrected chi connectivity index (χ2v) is 7.12. The average molecular weight is 410 g/mol. The number of hydrogen-bond acceptors (Lipinski definition) is 6. The summed E-state index contributed by atoms with van der Waals surface area (Å²) in [5.74, 6) is -0.102. The van der Waals surface area contributed by atoms with Gasteiger partial charge in [0.15, 0.2) is 17.3 Å².